The Hall–Kier alpha value is -4.68. The Kier molecular flexibility index (Phi) is 33.2. The first-order valence-corrected chi connectivity index (χ1v) is 20.3. The Bertz CT molecular complexity index is 2050. The van der Waals surface area contributed by atoms with Crippen LogP contribution in [0.25, 0.3) is 20.9 Å². The zero-order valence-electron chi connectivity index (χ0n) is 36.3. The highest BCUT2D eigenvalue weighted by Gasteiger charge is 2.35. The summed E-state index contributed by atoms with van der Waals surface area (Å²) in [4.78, 5) is 39.4. The predicted octanol–water partition coefficient (Wildman–Crippen LogP) is 9.42. The standard InChI is InChI=1S/C15H18ClF3N4O2.C15H11ClFNO4.C6H12F2N4O.C4H8O.2H2S/c1-23(11(8-24)7-15(18,19)9-21-22-20)13(25)6-5-10-3-2-4-12(17)14(10)16;16-15-10(2-1-3-13(15)17)4-9-14(19)22-12-7-5-11(6-8-12)18(20)21;1-10-5(3-13)2-6(7,8)4-11-12-9;1-2-4-5-3-1;;/h2-4,11,24H,5-9H2,1H3;1-3,5-8H,4,9H2;5,10,13H,2-4H2,1H3;1-4H2;2*1H2/t11-;;5-;;;/m0.0.../s1. The highest BCUT2D eigenvalue weighted by Crippen LogP contribution is 2.26. The molecular formula is C40H53Cl2F6N9O8S2. The number of amides is 1. The molecule has 27 heteroatoms. The van der Waals surface area contributed by atoms with Gasteiger partial charge in [0.05, 0.1) is 53.7 Å². The number of rotatable bonds is 20. The van der Waals surface area contributed by atoms with Gasteiger partial charge in [0.25, 0.3) is 17.5 Å². The molecule has 17 nitrogen and oxygen atoms in total. The molecule has 0 bridgehead atoms. The minimum absolute atomic E-state index is 0. The van der Waals surface area contributed by atoms with Gasteiger partial charge in [0.15, 0.2) is 0 Å². The van der Waals surface area contributed by atoms with Crippen LogP contribution in [0, 0.1) is 21.7 Å². The third-order valence-electron chi connectivity index (χ3n) is 8.97. The maximum atomic E-state index is 13.6. The number of hydrogen-bond donors (Lipinski definition) is 3. The number of hydrogen-bond acceptors (Lipinski definition) is 11. The van der Waals surface area contributed by atoms with E-state index in [9.17, 15) is 51.2 Å². The molecule has 3 aromatic rings. The van der Waals surface area contributed by atoms with E-state index in [1.807, 2.05) is 0 Å². The van der Waals surface area contributed by atoms with Crippen molar-refractivity contribution in [1.29, 1.82) is 0 Å². The number of non-ortho nitro benzene ring substituents is 1. The topological polar surface area (TPSA) is 249 Å². The number of aliphatic hydroxyl groups excluding tert-OH is 2. The number of alkyl halides is 4. The number of halogens is 8. The summed E-state index contributed by atoms with van der Waals surface area (Å²) in [5, 5.41) is 36.5. The monoisotopic (exact) mass is 1040 g/mol. The van der Waals surface area contributed by atoms with E-state index in [4.69, 9.17) is 48.8 Å². The molecule has 374 valence electrons. The molecule has 1 heterocycles. The molecule has 4 rings (SSSR count). The van der Waals surface area contributed by atoms with Gasteiger partial charge in [-0.05, 0) is 79.2 Å². The molecule has 3 aromatic carbocycles. The van der Waals surface area contributed by atoms with Gasteiger partial charge in [-0.2, -0.15) is 27.0 Å². The van der Waals surface area contributed by atoms with Crippen LogP contribution in [-0.4, -0.2) is 109 Å². The third-order valence-corrected chi connectivity index (χ3v) is 9.81. The number of nitro benzene ring substituents is 1. The van der Waals surface area contributed by atoms with Crippen LogP contribution in [0.15, 0.2) is 70.9 Å². The minimum Gasteiger partial charge on any atom is -0.427 e. The van der Waals surface area contributed by atoms with E-state index in [0.29, 0.717) is 11.1 Å². The first-order valence-electron chi connectivity index (χ1n) is 19.5. The summed E-state index contributed by atoms with van der Waals surface area (Å²) in [6, 6.07) is 11.9. The van der Waals surface area contributed by atoms with Gasteiger partial charge < -0.3 is 29.9 Å². The number of aryl methyl sites for hydroxylation is 2. The molecule has 0 unspecified atom stereocenters. The van der Waals surface area contributed by atoms with Crippen LogP contribution < -0.4 is 10.1 Å². The summed E-state index contributed by atoms with van der Waals surface area (Å²) >= 11 is 11.6. The molecule has 67 heavy (non-hydrogen) atoms. The van der Waals surface area contributed by atoms with Crippen molar-refractivity contribution in [2.45, 2.75) is 75.3 Å². The number of nitrogens with one attached hydrogen (secondary N) is 1. The molecule has 1 aliphatic heterocycles. The number of nitrogens with zero attached hydrogens (tertiary/aromatic N) is 8. The third kappa shape index (κ3) is 26.5. The van der Waals surface area contributed by atoms with Crippen LogP contribution in [0.1, 0.15) is 49.7 Å². The average molecular weight is 1040 g/mol. The second-order valence-corrected chi connectivity index (χ2v) is 14.6. The number of nitro groups is 1. The normalized spacial score (nSPS) is 12.4. The lowest BCUT2D eigenvalue weighted by Crippen LogP contribution is -2.43. The molecule has 0 aliphatic carbocycles. The summed E-state index contributed by atoms with van der Waals surface area (Å²) < 4.78 is 89.5. The predicted molar refractivity (Wildman–Crippen MR) is 250 cm³/mol. The fourth-order valence-electron chi connectivity index (χ4n) is 5.36. The van der Waals surface area contributed by atoms with Crippen molar-refractivity contribution < 1.29 is 60.5 Å². The molecule has 0 spiro atoms. The summed E-state index contributed by atoms with van der Waals surface area (Å²) in [6.45, 7) is -0.972. The fourth-order valence-corrected chi connectivity index (χ4v) is 5.80. The molecule has 0 saturated carbocycles. The fraction of sp³-hybridized carbons (Fsp3) is 0.500. The van der Waals surface area contributed by atoms with Gasteiger partial charge in [-0.15, -0.1) is 0 Å². The Labute approximate surface area is 406 Å². The molecule has 2 atom stereocenters. The highest BCUT2D eigenvalue weighted by atomic mass is 35.5. The van der Waals surface area contributed by atoms with E-state index in [0.717, 1.165) is 18.1 Å². The first kappa shape index (κ1) is 64.4. The van der Waals surface area contributed by atoms with Crippen LogP contribution in [0.4, 0.5) is 32.0 Å². The smallest absolute Gasteiger partial charge is 0.311 e. The van der Waals surface area contributed by atoms with Crippen LogP contribution in [0.2, 0.25) is 10.0 Å². The lowest BCUT2D eigenvalue weighted by Gasteiger charge is -2.29. The van der Waals surface area contributed by atoms with Gasteiger partial charge in [-0.3, -0.25) is 19.7 Å². The quantitative estimate of drug-likeness (QED) is 0.0142. The second kappa shape index (κ2) is 34.6. The summed E-state index contributed by atoms with van der Waals surface area (Å²) in [6.07, 6.45) is 1.47. The molecular weight excluding hydrogens is 984 g/mol. The van der Waals surface area contributed by atoms with Gasteiger partial charge in [0, 0.05) is 67.5 Å². The van der Waals surface area contributed by atoms with E-state index in [-0.39, 0.29) is 80.8 Å². The van der Waals surface area contributed by atoms with Crippen molar-refractivity contribution in [2.75, 3.05) is 53.6 Å². The second-order valence-electron chi connectivity index (χ2n) is 13.9. The molecule has 1 amide bonds. The molecule has 1 aliphatic rings. The minimum atomic E-state index is -3.35. The average Bonchev–Trinajstić information content (AvgIpc) is 3.88. The van der Waals surface area contributed by atoms with Gasteiger partial charge in [-0.1, -0.05) is 57.7 Å². The van der Waals surface area contributed by atoms with E-state index >= 15 is 0 Å². The number of likely N-dealkylation sites (N-methyl/N-ethyl adjacent to an activating group) is 2. The number of aliphatic hydroxyl groups is 2. The van der Waals surface area contributed by atoms with E-state index in [2.05, 4.69) is 25.4 Å². The Morgan fingerprint density at radius 3 is 1.75 bits per heavy atom. The lowest BCUT2D eigenvalue weighted by molar-refractivity contribution is -0.384. The highest BCUT2D eigenvalue weighted by molar-refractivity contribution is 7.59. The maximum absolute atomic E-state index is 13.6. The number of ether oxygens (including phenoxy) is 2. The Morgan fingerprint density at radius 1 is 0.866 bits per heavy atom. The summed E-state index contributed by atoms with van der Waals surface area (Å²) in [7, 11) is 2.77. The van der Waals surface area contributed by atoms with Gasteiger partial charge in [0.2, 0.25) is 5.91 Å². The SMILES string of the molecule is C1CCOC1.CN(C(=O)CCc1cccc(F)c1Cl)[C@H](CO)CC(F)(F)CN=[N+]=[N-].CN[C@H](CO)CC(F)(F)CN=[N+]=[N-].O=C(CCc1cccc(F)c1Cl)Oc1ccc([N+](=O)[O-])cc1.S.S. The van der Waals surface area contributed by atoms with Crippen LogP contribution in [-0.2, 0) is 27.2 Å². The van der Waals surface area contributed by atoms with Crippen LogP contribution in [0.3, 0.4) is 0 Å². The van der Waals surface area contributed by atoms with Crippen molar-refractivity contribution >= 4 is 67.8 Å². The first-order chi connectivity index (χ1) is 30.7. The van der Waals surface area contributed by atoms with Crippen molar-refractivity contribution in [3.8, 4) is 5.75 Å². The van der Waals surface area contributed by atoms with Crippen molar-refractivity contribution in [3.05, 3.63) is 124 Å². The molecule has 0 radical (unpaired) electrons. The van der Waals surface area contributed by atoms with Crippen molar-refractivity contribution in [3.63, 3.8) is 0 Å². The number of esters is 1. The van der Waals surface area contributed by atoms with Gasteiger partial charge in [-0.25, -0.2) is 26.3 Å². The Morgan fingerprint density at radius 2 is 1.34 bits per heavy atom. The zero-order chi connectivity index (χ0) is 49.0. The van der Waals surface area contributed by atoms with E-state index < -0.39 is 84.9 Å². The summed E-state index contributed by atoms with van der Waals surface area (Å²) in [5.74, 6) is -8.38. The maximum Gasteiger partial charge on any atom is 0.311 e. The number of azide groups is 2. The van der Waals surface area contributed by atoms with E-state index in [1.54, 1.807) is 12.1 Å². The van der Waals surface area contributed by atoms with Gasteiger partial charge in [0.1, 0.15) is 17.4 Å². The zero-order valence-corrected chi connectivity index (χ0v) is 39.8. The van der Waals surface area contributed by atoms with Crippen molar-refractivity contribution in [2.24, 2.45) is 10.2 Å². The number of benzene rings is 3. The van der Waals surface area contributed by atoms with Crippen LogP contribution >= 0.6 is 50.2 Å². The number of carbonyl (C=O) groups excluding carboxylic acids is 2. The van der Waals surface area contributed by atoms with Crippen molar-refractivity contribution in [1.82, 2.24) is 10.2 Å². The molecule has 1 saturated heterocycles. The lowest BCUT2D eigenvalue weighted by atomic mass is 10.1. The molecule has 3 N–H and O–H groups in total. The summed E-state index contributed by atoms with van der Waals surface area (Å²) in [5.41, 5.74) is 16.8. The number of carbonyl (C=O) groups is 2. The van der Waals surface area contributed by atoms with Crippen LogP contribution in [0.5, 0.6) is 5.75 Å². The largest absolute Gasteiger partial charge is 0.427 e. The molecule has 1 fully saturated rings. The van der Waals surface area contributed by atoms with E-state index in [1.165, 1.54) is 75.5 Å². The molecule has 0 aromatic heterocycles. The Balaban J connectivity index is 0. The van der Waals surface area contributed by atoms with Gasteiger partial charge >= 0.3 is 5.97 Å².